The molecule has 2 fully saturated rings. The number of amides is 2. The zero-order chi connectivity index (χ0) is 13.0. The van der Waals surface area contributed by atoms with Crippen molar-refractivity contribution >= 4 is 11.8 Å². The summed E-state index contributed by atoms with van der Waals surface area (Å²) in [6.45, 7) is 4.02. The second-order valence-corrected chi connectivity index (χ2v) is 4.54. The van der Waals surface area contributed by atoms with Gasteiger partial charge in [-0.2, -0.15) is 0 Å². The Labute approximate surface area is 106 Å². The van der Waals surface area contributed by atoms with Gasteiger partial charge in [-0.25, -0.2) is 5.48 Å². The summed E-state index contributed by atoms with van der Waals surface area (Å²) in [6.07, 6.45) is 1.00. The highest BCUT2D eigenvalue weighted by atomic mass is 16.7. The number of hydroxylamine groups is 1. The summed E-state index contributed by atoms with van der Waals surface area (Å²) in [4.78, 5) is 28.1. The van der Waals surface area contributed by atoms with Gasteiger partial charge in [0.05, 0.1) is 19.1 Å². The summed E-state index contributed by atoms with van der Waals surface area (Å²) in [7, 11) is 0. The van der Waals surface area contributed by atoms with Gasteiger partial charge in [-0.3, -0.25) is 14.4 Å². The van der Waals surface area contributed by atoms with Crippen molar-refractivity contribution in [2.24, 2.45) is 5.92 Å². The highest BCUT2D eigenvalue weighted by Crippen LogP contribution is 2.14. The molecule has 0 aliphatic carbocycles. The summed E-state index contributed by atoms with van der Waals surface area (Å²) in [5.74, 6) is -0.711. The molecular weight excluding hydrogens is 238 g/mol. The van der Waals surface area contributed by atoms with Crippen molar-refractivity contribution in [2.75, 3.05) is 26.4 Å². The summed E-state index contributed by atoms with van der Waals surface area (Å²) < 4.78 is 5.32. The summed E-state index contributed by atoms with van der Waals surface area (Å²) in [5.41, 5.74) is 2.21. The molecule has 0 aromatic rings. The molecule has 2 heterocycles. The highest BCUT2D eigenvalue weighted by Gasteiger charge is 2.36. The van der Waals surface area contributed by atoms with Crippen LogP contribution in [-0.2, 0) is 19.2 Å². The van der Waals surface area contributed by atoms with E-state index in [1.54, 1.807) is 0 Å². The van der Waals surface area contributed by atoms with Gasteiger partial charge in [0.25, 0.3) is 5.91 Å². The number of nitrogens with one attached hydrogen (secondary N) is 3. The third-order valence-electron chi connectivity index (χ3n) is 3.13. The lowest BCUT2D eigenvalue weighted by molar-refractivity contribution is -0.130. The molecule has 2 aliphatic heterocycles. The van der Waals surface area contributed by atoms with Gasteiger partial charge < -0.3 is 15.4 Å². The van der Waals surface area contributed by atoms with E-state index in [-0.39, 0.29) is 30.4 Å². The van der Waals surface area contributed by atoms with Crippen molar-refractivity contribution < 1.29 is 19.2 Å². The fourth-order valence-corrected chi connectivity index (χ4v) is 2.07. The fraction of sp³-hybridized carbons (Fsp3) is 0.818. The molecule has 2 amide bonds. The Bertz CT molecular complexity index is 323. The Kier molecular flexibility index (Phi) is 4.51. The van der Waals surface area contributed by atoms with Crippen LogP contribution in [0, 0.1) is 5.92 Å². The van der Waals surface area contributed by atoms with E-state index in [4.69, 9.17) is 9.57 Å². The van der Waals surface area contributed by atoms with E-state index in [1.807, 2.05) is 0 Å². The number of carbonyl (C=O) groups excluding carboxylic acids is 2. The second-order valence-electron chi connectivity index (χ2n) is 4.54. The van der Waals surface area contributed by atoms with Gasteiger partial charge in [-0.05, 0) is 13.0 Å². The van der Waals surface area contributed by atoms with Crippen molar-refractivity contribution in [3.05, 3.63) is 0 Å². The molecule has 0 radical (unpaired) electrons. The summed E-state index contributed by atoms with van der Waals surface area (Å²) in [5, 5.41) is 5.96. The van der Waals surface area contributed by atoms with Crippen molar-refractivity contribution in [2.45, 2.75) is 25.4 Å². The Morgan fingerprint density at radius 2 is 2.28 bits per heavy atom. The minimum absolute atomic E-state index is 0.0235. The SMILES string of the molecule is CCCNC1COCC1C(=O)N[C@@H]1CONC1=O. The maximum absolute atomic E-state index is 12.1. The van der Waals surface area contributed by atoms with Crippen LogP contribution >= 0.6 is 0 Å². The van der Waals surface area contributed by atoms with Crippen molar-refractivity contribution in [3.63, 3.8) is 0 Å². The molecule has 2 aliphatic rings. The molecule has 0 aromatic heterocycles. The highest BCUT2D eigenvalue weighted by molar-refractivity contribution is 5.89. The van der Waals surface area contributed by atoms with Gasteiger partial charge in [0.1, 0.15) is 12.6 Å². The first kappa shape index (κ1) is 13.3. The van der Waals surface area contributed by atoms with Gasteiger partial charge in [0, 0.05) is 6.04 Å². The molecule has 102 valence electrons. The molecule has 2 saturated heterocycles. The molecule has 0 saturated carbocycles. The monoisotopic (exact) mass is 257 g/mol. The smallest absolute Gasteiger partial charge is 0.268 e. The standard InChI is InChI=1S/C11H19N3O4/c1-2-3-12-8-5-17-4-7(8)10(15)13-9-6-18-14-11(9)16/h7-9,12H,2-6H2,1H3,(H,13,15)(H,14,16)/t7?,8?,9-/m1/s1. The Morgan fingerprint density at radius 1 is 1.44 bits per heavy atom. The van der Waals surface area contributed by atoms with Crippen LogP contribution in [0.2, 0.25) is 0 Å². The van der Waals surface area contributed by atoms with Crippen molar-refractivity contribution in [1.82, 2.24) is 16.1 Å². The predicted octanol–water partition coefficient (Wildman–Crippen LogP) is -1.45. The average molecular weight is 257 g/mol. The van der Waals surface area contributed by atoms with Crippen LogP contribution in [-0.4, -0.2) is 50.3 Å². The van der Waals surface area contributed by atoms with E-state index in [0.717, 1.165) is 13.0 Å². The summed E-state index contributed by atoms with van der Waals surface area (Å²) in [6, 6.07) is -0.569. The maximum Gasteiger partial charge on any atom is 0.268 e. The largest absolute Gasteiger partial charge is 0.379 e. The molecule has 7 heteroatoms. The van der Waals surface area contributed by atoms with Gasteiger partial charge in [-0.1, -0.05) is 6.92 Å². The third kappa shape index (κ3) is 2.98. The Morgan fingerprint density at radius 3 is 2.94 bits per heavy atom. The lowest BCUT2D eigenvalue weighted by Crippen LogP contribution is -2.49. The molecule has 18 heavy (non-hydrogen) atoms. The minimum Gasteiger partial charge on any atom is -0.379 e. The van der Waals surface area contributed by atoms with Crippen LogP contribution in [0.5, 0.6) is 0 Å². The number of carbonyl (C=O) groups is 2. The third-order valence-corrected chi connectivity index (χ3v) is 3.13. The van der Waals surface area contributed by atoms with Crippen LogP contribution in [0.15, 0.2) is 0 Å². The van der Waals surface area contributed by atoms with E-state index < -0.39 is 6.04 Å². The molecule has 0 bridgehead atoms. The molecule has 3 N–H and O–H groups in total. The Balaban J connectivity index is 1.85. The zero-order valence-electron chi connectivity index (χ0n) is 10.4. The molecule has 0 aromatic carbocycles. The average Bonchev–Trinajstić information content (AvgIpc) is 2.96. The Hall–Kier alpha value is -1.18. The zero-order valence-corrected chi connectivity index (χ0v) is 10.4. The predicted molar refractivity (Wildman–Crippen MR) is 62.4 cm³/mol. The van der Waals surface area contributed by atoms with Crippen LogP contribution in [0.1, 0.15) is 13.3 Å². The topological polar surface area (TPSA) is 88.7 Å². The van der Waals surface area contributed by atoms with Gasteiger partial charge in [-0.15, -0.1) is 0 Å². The minimum atomic E-state index is -0.593. The summed E-state index contributed by atoms with van der Waals surface area (Å²) >= 11 is 0. The lowest BCUT2D eigenvalue weighted by Gasteiger charge is -2.19. The molecule has 3 atom stereocenters. The van der Waals surface area contributed by atoms with Crippen LogP contribution < -0.4 is 16.1 Å². The quantitative estimate of drug-likeness (QED) is 0.560. The number of hydrogen-bond acceptors (Lipinski definition) is 5. The number of rotatable bonds is 5. The molecule has 2 rings (SSSR count). The lowest BCUT2D eigenvalue weighted by atomic mass is 10.0. The van der Waals surface area contributed by atoms with Crippen LogP contribution in [0.3, 0.4) is 0 Å². The molecule has 7 nitrogen and oxygen atoms in total. The van der Waals surface area contributed by atoms with E-state index in [9.17, 15) is 9.59 Å². The first-order valence-corrected chi connectivity index (χ1v) is 6.25. The number of hydrogen-bond donors (Lipinski definition) is 3. The van der Waals surface area contributed by atoms with E-state index in [0.29, 0.717) is 13.2 Å². The molecular formula is C11H19N3O4. The first-order chi connectivity index (χ1) is 8.72. The van der Waals surface area contributed by atoms with Crippen LogP contribution in [0.4, 0.5) is 0 Å². The van der Waals surface area contributed by atoms with Crippen LogP contribution in [0.25, 0.3) is 0 Å². The van der Waals surface area contributed by atoms with Crippen molar-refractivity contribution in [1.29, 1.82) is 0 Å². The van der Waals surface area contributed by atoms with E-state index in [1.165, 1.54) is 0 Å². The van der Waals surface area contributed by atoms with E-state index in [2.05, 4.69) is 23.0 Å². The fourth-order valence-electron chi connectivity index (χ4n) is 2.07. The first-order valence-electron chi connectivity index (χ1n) is 6.25. The van der Waals surface area contributed by atoms with Gasteiger partial charge in [0.2, 0.25) is 5.91 Å². The molecule has 0 spiro atoms. The van der Waals surface area contributed by atoms with Crippen molar-refractivity contribution in [3.8, 4) is 0 Å². The van der Waals surface area contributed by atoms with E-state index >= 15 is 0 Å². The normalized spacial score (nSPS) is 31.4. The second kappa shape index (κ2) is 6.12. The maximum atomic E-state index is 12.1. The van der Waals surface area contributed by atoms with Gasteiger partial charge >= 0.3 is 0 Å². The number of ether oxygens (including phenoxy) is 1. The van der Waals surface area contributed by atoms with Gasteiger partial charge in [0.15, 0.2) is 0 Å². The molecule has 2 unspecified atom stereocenters.